The van der Waals surface area contributed by atoms with Crippen LogP contribution in [0, 0.1) is 0 Å². The Bertz CT molecular complexity index is 894. The molecular formula is C18H16N4O3S. The van der Waals surface area contributed by atoms with E-state index in [1.165, 1.54) is 29.9 Å². The van der Waals surface area contributed by atoms with E-state index in [1.54, 1.807) is 18.6 Å². The minimum Gasteiger partial charge on any atom is -0.497 e. The first-order valence-corrected chi connectivity index (χ1v) is 8.61. The fourth-order valence-electron chi connectivity index (χ4n) is 2.19. The van der Waals surface area contributed by atoms with Gasteiger partial charge in [0.1, 0.15) is 16.3 Å². The van der Waals surface area contributed by atoms with Gasteiger partial charge in [0.25, 0.3) is 11.8 Å². The lowest BCUT2D eigenvalue weighted by Crippen LogP contribution is -2.23. The van der Waals surface area contributed by atoms with Gasteiger partial charge >= 0.3 is 0 Å². The molecule has 0 atom stereocenters. The average molecular weight is 368 g/mol. The first-order chi connectivity index (χ1) is 12.7. The second-order valence-electron chi connectivity index (χ2n) is 5.24. The van der Waals surface area contributed by atoms with Crippen LogP contribution in [0.3, 0.4) is 0 Å². The normalized spacial score (nSPS) is 10.2. The number of nitrogens with zero attached hydrogens (tertiary/aromatic N) is 2. The third-order valence-corrected chi connectivity index (χ3v) is 4.44. The van der Waals surface area contributed by atoms with Crippen LogP contribution in [0.25, 0.3) is 0 Å². The van der Waals surface area contributed by atoms with Gasteiger partial charge in [0.15, 0.2) is 0 Å². The molecule has 2 N–H and O–H groups in total. The monoisotopic (exact) mass is 368 g/mol. The van der Waals surface area contributed by atoms with E-state index < -0.39 is 5.91 Å². The zero-order chi connectivity index (χ0) is 18.4. The van der Waals surface area contributed by atoms with Crippen molar-refractivity contribution < 1.29 is 14.3 Å². The zero-order valence-corrected chi connectivity index (χ0v) is 14.7. The van der Waals surface area contributed by atoms with Crippen LogP contribution in [-0.4, -0.2) is 28.9 Å². The number of benzene rings is 1. The number of amides is 2. The first-order valence-electron chi connectivity index (χ1n) is 7.73. The van der Waals surface area contributed by atoms with Gasteiger partial charge in [0.2, 0.25) is 0 Å². The van der Waals surface area contributed by atoms with E-state index in [-0.39, 0.29) is 11.6 Å². The Morgan fingerprint density at radius 1 is 1.12 bits per heavy atom. The summed E-state index contributed by atoms with van der Waals surface area (Å²) in [5.41, 5.74) is 1.57. The summed E-state index contributed by atoms with van der Waals surface area (Å²) in [4.78, 5) is 32.8. The summed E-state index contributed by atoms with van der Waals surface area (Å²) < 4.78 is 5.11. The summed E-state index contributed by atoms with van der Waals surface area (Å²) in [7, 11) is 1.60. The van der Waals surface area contributed by atoms with Gasteiger partial charge in [0, 0.05) is 18.9 Å². The van der Waals surface area contributed by atoms with E-state index in [9.17, 15) is 9.59 Å². The lowest BCUT2D eigenvalue weighted by Gasteiger charge is -2.08. The molecule has 2 heterocycles. The Hall–Kier alpha value is -3.26. The minimum absolute atomic E-state index is 0.184. The second-order valence-corrected chi connectivity index (χ2v) is 6.16. The minimum atomic E-state index is -0.416. The number of nitrogens with one attached hydrogen (secondary N) is 2. The van der Waals surface area contributed by atoms with Crippen LogP contribution in [0.15, 0.2) is 54.3 Å². The maximum Gasteiger partial charge on any atom is 0.275 e. The highest BCUT2D eigenvalue weighted by Crippen LogP contribution is 2.23. The fourth-order valence-corrected chi connectivity index (χ4v) is 2.96. The van der Waals surface area contributed by atoms with Gasteiger partial charge in [-0.05, 0) is 29.1 Å². The smallest absolute Gasteiger partial charge is 0.275 e. The molecule has 0 radical (unpaired) electrons. The lowest BCUT2D eigenvalue weighted by molar-refractivity contribution is 0.0956. The fraction of sp³-hybridized carbons (Fsp3) is 0.111. The molecule has 0 bridgehead atoms. The molecule has 7 nitrogen and oxygen atoms in total. The summed E-state index contributed by atoms with van der Waals surface area (Å²) in [6, 6.07) is 9.11. The summed E-state index contributed by atoms with van der Waals surface area (Å²) in [6.07, 6.45) is 4.29. The molecule has 2 aromatic heterocycles. The molecule has 0 aliphatic carbocycles. The van der Waals surface area contributed by atoms with E-state index in [0.29, 0.717) is 17.1 Å². The first kappa shape index (κ1) is 17.6. The Kier molecular flexibility index (Phi) is 5.55. The van der Waals surface area contributed by atoms with E-state index in [0.717, 1.165) is 11.3 Å². The number of hydrogen-bond acceptors (Lipinski definition) is 6. The van der Waals surface area contributed by atoms with Gasteiger partial charge in [-0.2, -0.15) is 0 Å². The van der Waals surface area contributed by atoms with Crippen molar-refractivity contribution in [3.63, 3.8) is 0 Å². The van der Waals surface area contributed by atoms with Crippen molar-refractivity contribution in [3.8, 4) is 5.75 Å². The molecule has 132 valence electrons. The number of methoxy groups -OCH3 is 1. The highest BCUT2D eigenvalue weighted by molar-refractivity contribution is 7.12. The van der Waals surface area contributed by atoms with Crippen molar-refractivity contribution in [2.45, 2.75) is 6.54 Å². The molecule has 1 aromatic carbocycles. The van der Waals surface area contributed by atoms with Crippen molar-refractivity contribution in [1.29, 1.82) is 0 Å². The van der Waals surface area contributed by atoms with Gasteiger partial charge < -0.3 is 15.4 Å². The maximum atomic E-state index is 12.4. The van der Waals surface area contributed by atoms with Crippen molar-refractivity contribution in [2.75, 3.05) is 12.4 Å². The second kappa shape index (κ2) is 8.21. The van der Waals surface area contributed by atoms with Crippen molar-refractivity contribution in [2.24, 2.45) is 0 Å². The summed E-state index contributed by atoms with van der Waals surface area (Å²) >= 11 is 1.25. The van der Waals surface area contributed by atoms with Crippen LogP contribution in [0.4, 0.5) is 5.69 Å². The topological polar surface area (TPSA) is 93.2 Å². The molecule has 2 amide bonds. The van der Waals surface area contributed by atoms with Crippen molar-refractivity contribution >= 4 is 28.8 Å². The largest absolute Gasteiger partial charge is 0.497 e. The molecular weight excluding hydrogens is 352 g/mol. The number of hydrogen-bond donors (Lipinski definition) is 2. The Morgan fingerprint density at radius 2 is 1.92 bits per heavy atom. The van der Waals surface area contributed by atoms with Gasteiger partial charge in [0.05, 0.1) is 19.0 Å². The molecule has 3 rings (SSSR count). The molecule has 0 saturated carbocycles. The Balaban J connectivity index is 1.63. The Morgan fingerprint density at radius 3 is 2.62 bits per heavy atom. The predicted octanol–water partition coefficient (Wildman–Crippen LogP) is 2.73. The van der Waals surface area contributed by atoms with Gasteiger partial charge in [-0.1, -0.05) is 12.1 Å². The molecule has 0 aliphatic heterocycles. The number of aromatic nitrogens is 2. The summed E-state index contributed by atoms with van der Waals surface area (Å²) in [6.45, 7) is 0.373. The SMILES string of the molecule is COc1ccc(CNC(=O)c2sccc2NC(=O)c2cnccn2)cc1. The van der Waals surface area contributed by atoms with E-state index in [2.05, 4.69) is 20.6 Å². The van der Waals surface area contributed by atoms with Crippen LogP contribution >= 0.6 is 11.3 Å². The average Bonchev–Trinajstić information content (AvgIpc) is 3.15. The quantitative estimate of drug-likeness (QED) is 0.698. The zero-order valence-electron chi connectivity index (χ0n) is 13.9. The third-order valence-electron chi connectivity index (χ3n) is 3.53. The third kappa shape index (κ3) is 4.22. The number of thiophene rings is 1. The van der Waals surface area contributed by atoms with E-state index >= 15 is 0 Å². The Labute approximate surface area is 154 Å². The summed E-state index contributed by atoms with van der Waals surface area (Å²) in [5, 5.41) is 7.28. The lowest BCUT2D eigenvalue weighted by atomic mass is 10.2. The van der Waals surface area contributed by atoms with Crippen LogP contribution in [0.1, 0.15) is 25.7 Å². The predicted molar refractivity (Wildman–Crippen MR) is 98.5 cm³/mol. The molecule has 0 unspecified atom stereocenters. The number of anilines is 1. The van der Waals surface area contributed by atoms with Crippen LogP contribution in [0.2, 0.25) is 0 Å². The molecule has 0 saturated heterocycles. The standard InChI is InChI=1S/C18H16N4O3S/c1-25-13-4-2-12(3-5-13)10-21-18(24)16-14(6-9-26-16)22-17(23)15-11-19-7-8-20-15/h2-9,11H,10H2,1H3,(H,21,24)(H,22,23). The van der Waals surface area contributed by atoms with Crippen LogP contribution < -0.4 is 15.4 Å². The maximum absolute atomic E-state index is 12.4. The van der Waals surface area contributed by atoms with E-state index in [4.69, 9.17) is 4.74 Å². The van der Waals surface area contributed by atoms with Gasteiger partial charge in [-0.25, -0.2) is 4.98 Å². The number of carbonyl (C=O) groups is 2. The molecule has 8 heteroatoms. The highest BCUT2D eigenvalue weighted by atomic mass is 32.1. The van der Waals surface area contributed by atoms with Crippen LogP contribution in [-0.2, 0) is 6.54 Å². The molecule has 3 aromatic rings. The highest BCUT2D eigenvalue weighted by Gasteiger charge is 2.16. The van der Waals surface area contributed by atoms with E-state index in [1.807, 2.05) is 24.3 Å². The van der Waals surface area contributed by atoms with Crippen molar-refractivity contribution in [3.05, 3.63) is 70.4 Å². The van der Waals surface area contributed by atoms with Crippen molar-refractivity contribution in [1.82, 2.24) is 15.3 Å². The molecule has 0 fully saturated rings. The molecule has 0 spiro atoms. The number of rotatable bonds is 6. The van der Waals surface area contributed by atoms with Gasteiger partial charge in [-0.3, -0.25) is 14.6 Å². The number of ether oxygens (including phenoxy) is 1. The van der Waals surface area contributed by atoms with Gasteiger partial charge in [-0.15, -0.1) is 11.3 Å². The van der Waals surface area contributed by atoms with Crippen LogP contribution in [0.5, 0.6) is 5.75 Å². The molecule has 0 aliphatic rings. The number of carbonyl (C=O) groups excluding carboxylic acids is 2. The molecule has 26 heavy (non-hydrogen) atoms. The summed E-state index contributed by atoms with van der Waals surface area (Å²) in [5.74, 6) is 0.0818.